The van der Waals surface area contributed by atoms with Crippen molar-refractivity contribution in [1.29, 1.82) is 0 Å². The molecule has 5 nitrogen and oxygen atoms in total. The predicted molar refractivity (Wildman–Crippen MR) is 93.4 cm³/mol. The summed E-state index contributed by atoms with van der Waals surface area (Å²) in [4.78, 5) is 12.6. The molecule has 1 aromatic carbocycles. The molecule has 24 heavy (non-hydrogen) atoms. The van der Waals surface area contributed by atoms with Crippen molar-refractivity contribution in [2.24, 2.45) is 0 Å². The Morgan fingerprint density at radius 1 is 1.25 bits per heavy atom. The Bertz CT molecular complexity index is 698. The lowest BCUT2D eigenvalue weighted by atomic mass is 9.93. The van der Waals surface area contributed by atoms with Crippen molar-refractivity contribution in [2.75, 3.05) is 0 Å². The highest BCUT2D eigenvalue weighted by Gasteiger charge is 2.23. The van der Waals surface area contributed by atoms with Crippen LogP contribution >= 0.6 is 0 Å². The molecule has 0 spiro atoms. The topological polar surface area (TPSA) is 67.2 Å². The van der Waals surface area contributed by atoms with E-state index in [0.717, 1.165) is 43.5 Å². The van der Waals surface area contributed by atoms with Crippen LogP contribution in [-0.4, -0.2) is 32.9 Å². The van der Waals surface area contributed by atoms with Gasteiger partial charge in [-0.3, -0.25) is 4.79 Å². The van der Waals surface area contributed by atoms with Gasteiger partial charge in [-0.2, -0.15) is 5.10 Å². The van der Waals surface area contributed by atoms with Gasteiger partial charge in [-0.1, -0.05) is 24.6 Å². The summed E-state index contributed by atoms with van der Waals surface area (Å²) < 4.78 is 1.85. The zero-order valence-electron chi connectivity index (χ0n) is 14.3. The summed E-state index contributed by atoms with van der Waals surface area (Å²) in [5, 5.41) is 17.1. The van der Waals surface area contributed by atoms with Crippen LogP contribution in [0.1, 0.15) is 54.2 Å². The third kappa shape index (κ3) is 3.51. The lowest BCUT2D eigenvalue weighted by Gasteiger charge is -2.26. The van der Waals surface area contributed by atoms with Gasteiger partial charge < -0.3 is 10.4 Å². The average molecular weight is 327 g/mol. The standard InChI is InChI=1S/C19H25N3O2/c1-3-18-17(19(24)21-14-6-10-16(23)11-7-14)12-20-22(18)15-8-4-13(2)5-9-15/h4-5,8-9,12,14,16,23H,3,6-7,10-11H2,1-2H3,(H,21,24). The second-order valence-corrected chi connectivity index (χ2v) is 6.58. The molecule has 2 N–H and O–H groups in total. The Hall–Kier alpha value is -2.14. The van der Waals surface area contributed by atoms with Crippen molar-refractivity contribution in [3.05, 3.63) is 47.3 Å². The van der Waals surface area contributed by atoms with E-state index in [2.05, 4.69) is 10.4 Å². The summed E-state index contributed by atoms with van der Waals surface area (Å²) in [5.74, 6) is -0.0633. The van der Waals surface area contributed by atoms with Gasteiger partial charge in [-0.25, -0.2) is 4.68 Å². The second-order valence-electron chi connectivity index (χ2n) is 6.58. The maximum Gasteiger partial charge on any atom is 0.254 e. The number of aromatic nitrogens is 2. The number of carbonyl (C=O) groups is 1. The monoisotopic (exact) mass is 327 g/mol. The number of aliphatic hydroxyl groups excluding tert-OH is 1. The van der Waals surface area contributed by atoms with Crippen LogP contribution in [0.5, 0.6) is 0 Å². The van der Waals surface area contributed by atoms with E-state index in [1.54, 1.807) is 6.20 Å². The third-order valence-electron chi connectivity index (χ3n) is 4.76. The molecule has 0 bridgehead atoms. The molecule has 3 rings (SSSR count). The molecule has 1 fully saturated rings. The predicted octanol–water partition coefficient (Wildman–Crippen LogP) is 2.78. The van der Waals surface area contributed by atoms with Gasteiger partial charge in [0.1, 0.15) is 0 Å². The normalized spacial score (nSPS) is 20.8. The number of aryl methyl sites for hydroxylation is 1. The molecule has 5 heteroatoms. The van der Waals surface area contributed by atoms with Gasteiger partial charge in [-0.05, 0) is 51.2 Å². The lowest BCUT2D eigenvalue weighted by Crippen LogP contribution is -2.38. The first-order chi connectivity index (χ1) is 11.6. The van der Waals surface area contributed by atoms with Crippen molar-refractivity contribution < 1.29 is 9.90 Å². The molecule has 0 saturated heterocycles. The molecule has 0 unspecified atom stereocenters. The zero-order chi connectivity index (χ0) is 17.1. The van der Waals surface area contributed by atoms with Gasteiger partial charge in [0.05, 0.1) is 29.2 Å². The van der Waals surface area contributed by atoms with E-state index >= 15 is 0 Å². The Morgan fingerprint density at radius 2 is 1.92 bits per heavy atom. The maximum atomic E-state index is 12.6. The van der Waals surface area contributed by atoms with E-state index in [1.807, 2.05) is 42.8 Å². The molecule has 1 amide bonds. The smallest absolute Gasteiger partial charge is 0.254 e. The molecule has 2 aromatic rings. The summed E-state index contributed by atoms with van der Waals surface area (Å²) in [7, 11) is 0. The SMILES string of the molecule is CCc1c(C(=O)NC2CCC(O)CC2)cnn1-c1ccc(C)cc1. The van der Waals surface area contributed by atoms with Gasteiger partial charge in [-0.15, -0.1) is 0 Å². The Morgan fingerprint density at radius 3 is 2.54 bits per heavy atom. The van der Waals surface area contributed by atoms with Gasteiger partial charge in [0.2, 0.25) is 0 Å². The minimum atomic E-state index is -0.214. The van der Waals surface area contributed by atoms with Crippen molar-refractivity contribution in [2.45, 2.75) is 58.1 Å². The van der Waals surface area contributed by atoms with Crippen LogP contribution in [-0.2, 0) is 6.42 Å². The minimum Gasteiger partial charge on any atom is -0.393 e. The fourth-order valence-electron chi connectivity index (χ4n) is 3.30. The Labute approximate surface area is 142 Å². The van der Waals surface area contributed by atoms with Crippen LogP contribution in [0.4, 0.5) is 0 Å². The Balaban J connectivity index is 1.78. The molecule has 1 heterocycles. The van der Waals surface area contributed by atoms with Gasteiger partial charge in [0, 0.05) is 6.04 Å². The number of nitrogens with zero attached hydrogens (tertiary/aromatic N) is 2. The highest BCUT2D eigenvalue weighted by atomic mass is 16.3. The molecular formula is C19H25N3O2. The van der Waals surface area contributed by atoms with Gasteiger partial charge >= 0.3 is 0 Å². The van der Waals surface area contributed by atoms with Gasteiger partial charge in [0.25, 0.3) is 5.91 Å². The number of nitrogens with one attached hydrogen (secondary N) is 1. The molecule has 0 atom stereocenters. The van der Waals surface area contributed by atoms with Crippen molar-refractivity contribution in [1.82, 2.24) is 15.1 Å². The molecule has 1 aliphatic rings. The van der Waals surface area contributed by atoms with Crippen LogP contribution in [0.2, 0.25) is 0 Å². The van der Waals surface area contributed by atoms with Crippen molar-refractivity contribution >= 4 is 5.91 Å². The van der Waals surface area contributed by atoms with Crippen LogP contribution in [0.15, 0.2) is 30.5 Å². The summed E-state index contributed by atoms with van der Waals surface area (Å²) in [6.07, 6.45) is 5.36. The summed E-state index contributed by atoms with van der Waals surface area (Å²) in [5.41, 5.74) is 3.73. The van der Waals surface area contributed by atoms with E-state index in [1.165, 1.54) is 5.56 Å². The summed E-state index contributed by atoms with van der Waals surface area (Å²) >= 11 is 0. The Kier molecular flexibility index (Phi) is 5.00. The first kappa shape index (κ1) is 16.7. The molecule has 1 aromatic heterocycles. The lowest BCUT2D eigenvalue weighted by molar-refractivity contribution is 0.0867. The molecular weight excluding hydrogens is 302 g/mol. The maximum absolute atomic E-state index is 12.6. The fraction of sp³-hybridized carbons (Fsp3) is 0.474. The zero-order valence-corrected chi connectivity index (χ0v) is 14.3. The number of amides is 1. The number of benzene rings is 1. The highest BCUT2D eigenvalue weighted by molar-refractivity contribution is 5.95. The fourth-order valence-corrected chi connectivity index (χ4v) is 3.30. The van der Waals surface area contributed by atoms with Crippen molar-refractivity contribution in [3.63, 3.8) is 0 Å². The summed E-state index contributed by atoms with van der Waals surface area (Å²) in [6, 6.07) is 8.28. The largest absolute Gasteiger partial charge is 0.393 e. The highest BCUT2D eigenvalue weighted by Crippen LogP contribution is 2.20. The van der Waals surface area contributed by atoms with Crippen LogP contribution < -0.4 is 5.32 Å². The third-order valence-corrected chi connectivity index (χ3v) is 4.76. The number of carbonyl (C=O) groups excluding carboxylic acids is 1. The summed E-state index contributed by atoms with van der Waals surface area (Å²) in [6.45, 7) is 4.09. The molecule has 1 saturated carbocycles. The molecule has 0 radical (unpaired) electrons. The number of rotatable bonds is 4. The number of aliphatic hydroxyl groups is 1. The number of hydrogen-bond acceptors (Lipinski definition) is 3. The van der Waals surface area contributed by atoms with Crippen molar-refractivity contribution in [3.8, 4) is 5.69 Å². The quantitative estimate of drug-likeness (QED) is 0.907. The van der Waals surface area contributed by atoms with E-state index < -0.39 is 0 Å². The molecule has 1 aliphatic carbocycles. The minimum absolute atomic E-state index is 0.0633. The molecule has 128 valence electrons. The van der Waals surface area contributed by atoms with E-state index in [9.17, 15) is 9.90 Å². The van der Waals surface area contributed by atoms with E-state index in [-0.39, 0.29) is 18.1 Å². The number of hydrogen-bond donors (Lipinski definition) is 2. The first-order valence-electron chi connectivity index (χ1n) is 8.71. The second kappa shape index (κ2) is 7.18. The average Bonchev–Trinajstić information content (AvgIpc) is 3.01. The van der Waals surface area contributed by atoms with Crippen LogP contribution in [0.3, 0.4) is 0 Å². The van der Waals surface area contributed by atoms with Crippen LogP contribution in [0.25, 0.3) is 5.69 Å². The van der Waals surface area contributed by atoms with Gasteiger partial charge in [0.15, 0.2) is 0 Å². The van der Waals surface area contributed by atoms with E-state index in [0.29, 0.717) is 5.56 Å². The molecule has 0 aliphatic heterocycles. The van der Waals surface area contributed by atoms with Crippen LogP contribution in [0, 0.1) is 6.92 Å². The van der Waals surface area contributed by atoms with E-state index in [4.69, 9.17) is 0 Å². The first-order valence-corrected chi connectivity index (χ1v) is 8.71.